The lowest BCUT2D eigenvalue weighted by Crippen LogP contribution is -2.06. The van der Waals surface area contributed by atoms with Crippen molar-refractivity contribution in [3.63, 3.8) is 0 Å². The molecule has 13 heavy (non-hydrogen) atoms. The molecule has 2 nitrogen and oxygen atoms in total. The van der Waals surface area contributed by atoms with Gasteiger partial charge in [-0.25, -0.2) is 4.98 Å². The van der Waals surface area contributed by atoms with Gasteiger partial charge in [0.2, 0.25) is 0 Å². The van der Waals surface area contributed by atoms with Gasteiger partial charge in [-0.2, -0.15) is 0 Å². The Bertz CT molecular complexity index is 329. The van der Waals surface area contributed by atoms with E-state index >= 15 is 0 Å². The maximum atomic E-state index is 4.24. The molecule has 0 amide bonds. The van der Waals surface area contributed by atoms with Crippen molar-refractivity contribution < 1.29 is 0 Å². The molecule has 0 aliphatic carbocycles. The molecule has 0 aromatic carbocycles. The smallest absolute Gasteiger partial charge is 0.136 e. The predicted molar refractivity (Wildman–Crippen MR) is 55.0 cm³/mol. The second-order valence-corrected chi connectivity index (χ2v) is 3.70. The Labute approximate surface area is 78.6 Å². The number of allylic oxidation sites excluding steroid dienone is 2. The van der Waals surface area contributed by atoms with Crippen molar-refractivity contribution in [1.82, 2.24) is 9.55 Å². The zero-order chi connectivity index (χ0) is 9.31. The zero-order valence-electron chi connectivity index (χ0n) is 8.07. The van der Waals surface area contributed by atoms with Crippen LogP contribution in [0.1, 0.15) is 26.1 Å². The lowest BCUT2D eigenvalue weighted by Gasteiger charge is -2.17. The van der Waals surface area contributed by atoms with E-state index in [2.05, 4.69) is 43.3 Å². The molecule has 68 valence electrons. The maximum Gasteiger partial charge on any atom is 0.136 e. The summed E-state index contributed by atoms with van der Waals surface area (Å²) in [6.07, 6.45) is 13.5. The van der Waals surface area contributed by atoms with Crippen molar-refractivity contribution >= 4 is 12.3 Å². The van der Waals surface area contributed by atoms with E-state index in [1.165, 1.54) is 0 Å². The Kier molecular flexibility index (Phi) is 1.83. The molecule has 1 aromatic rings. The first-order valence-electron chi connectivity index (χ1n) is 4.65. The van der Waals surface area contributed by atoms with Crippen molar-refractivity contribution in [2.24, 2.45) is 5.41 Å². The highest BCUT2D eigenvalue weighted by Crippen LogP contribution is 2.28. The normalized spacial score (nSPS) is 25.7. The fraction of sp³-hybridized carbons (Fsp3) is 0.364. The van der Waals surface area contributed by atoms with Crippen molar-refractivity contribution in [2.75, 3.05) is 0 Å². The molecule has 0 radical (unpaired) electrons. The van der Waals surface area contributed by atoms with Crippen LogP contribution in [0.3, 0.4) is 0 Å². The van der Waals surface area contributed by atoms with Crippen molar-refractivity contribution in [3.05, 3.63) is 30.4 Å². The van der Waals surface area contributed by atoms with Crippen LogP contribution in [0.15, 0.2) is 24.5 Å². The molecule has 1 unspecified atom stereocenters. The lowest BCUT2D eigenvalue weighted by molar-refractivity contribution is 0.535. The molecule has 2 heterocycles. The van der Waals surface area contributed by atoms with E-state index in [4.69, 9.17) is 0 Å². The van der Waals surface area contributed by atoms with Gasteiger partial charge in [0.1, 0.15) is 5.82 Å². The average molecular weight is 174 g/mol. The van der Waals surface area contributed by atoms with E-state index in [1.807, 2.05) is 17.0 Å². The molecule has 1 aliphatic rings. The number of imidazole rings is 1. The standard InChI is InChI=1S/C11H14N2/c1-3-11(2)5-4-10-12-7-9-13(10)8-6-11/h4-9H,3H2,1-2H3. The molecular formula is C11H14N2. The number of nitrogens with zero attached hydrogens (tertiary/aromatic N) is 2. The van der Waals surface area contributed by atoms with Gasteiger partial charge in [0, 0.05) is 24.0 Å². The van der Waals surface area contributed by atoms with E-state index in [9.17, 15) is 0 Å². The van der Waals surface area contributed by atoms with Crippen LogP contribution in [-0.2, 0) is 0 Å². The molecule has 0 saturated heterocycles. The van der Waals surface area contributed by atoms with Gasteiger partial charge >= 0.3 is 0 Å². The van der Waals surface area contributed by atoms with Crippen molar-refractivity contribution in [2.45, 2.75) is 20.3 Å². The number of hydrogen-bond donors (Lipinski definition) is 0. The van der Waals surface area contributed by atoms with Crippen LogP contribution in [0.5, 0.6) is 0 Å². The second kappa shape index (κ2) is 2.87. The molecule has 1 aromatic heterocycles. The van der Waals surface area contributed by atoms with Crippen molar-refractivity contribution in [1.29, 1.82) is 0 Å². The zero-order valence-corrected chi connectivity index (χ0v) is 8.07. The molecule has 0 saturated carbocycles. The van der Waals surface area contributed by atoms with Gasteiger partial charge in [-0.05, 0) is 12.5 Å². The fourth-order valence-electron chi connectivity index (χ4n) is 1.39. The van der Waals surface area contributed by atoms with Gasteiger partial charge in [-0.3, -0.25) is 0 Å². The molecular weight excluding hydrogens is 160 g/mol. The Morgan fingerprint density at radius 1 is 1.46 bits per heavy atom. The Balaban J connectivity index is 2.43. The third kappa shape index (κ3) is 1.44. The Hall–Kier alpha value is -1.31. The van der Waals surface area contributed by atoms with Crippen LogP contribution in [0.4, 0.5) is 0 Å². The minimum Gasteiger partial charge on any atom is -0.307 e. The van der Waals surface area contributed by atoms with Gasteiger partial charge in [0.25, 0.3) is 0 Å². The topological polar surface area (TPSA) is 17.8 Å². The van der Waals surface area contributed by atoms with Gasteiger partial charge in [0.05, 0.1) is 0 Å². The minimum atomic E-state index is 0.181. The van der Waals surface area contributed by atoms with E-state index in [0.717, 1.165) is 12.2 Å². The molecule has 1 atom stereocenters. The molecule has 2 rings (SSSR count). The van der Waals surface area contributed by atoms with Gasteiger partial charge in [-0.15, -0.1) is 0 Å². The largest absolute Gasteiger partial charge is 0.307 e. The second-order valence-electron chi connectivity index (χ2n) is 3.70. The first-order valence-corrected chi connectivity index (χ1v) is 4.65. The molecule has 0 fully saturated rings. The summed E-state index contributed by atoms with van der Waals surface area (Å²) in [6.45, 7) is 4.43. The third-order valence-electron chi connectivity index (χ3n) is 2.69. The summed E-state index contributed by atoms with van der Waals surface area (Å²) < 4.78 is 2.04. The first-order chi connectivity index (χ1) is 6.23. The summed E-state index contributed by atoms with van der Waals surface area (Å²) in [5.41, 5.74) is 0.181. The summed E-state index contributed by atoms with van der Waals surface area (Å²) in [7, 11) is 0. The number of rotatable bonds is 1. The van der Waals surface area contributed by atoms with E-state index in [0.29, 0.717) is 0 Å². The summed E-state index contributed by atoms with van der Waals surface area (Å²) in [6, 6.07) is 0. The fourth-order valence-corrected chi connectivity index (χ4v) is 1.39. The SMILES string of the molecule is CCC1(C)C=Cc2nccn2C=C1. The van der Waals surface area contributed by atoms with E-state index < -0.39 is 0 Å². The monoisotopic (exact) mass is 174 g/mol. The third-order valence-corrected chi connectivity index (χ3v) is 2.69. The Morgan fingerprint density at radius 3 is 3.08 bits per heavy atom. The van der Waals surface area contributed by atoms with Crippen LogP contribution < -0.4 is 0 Å². The predicted octanol–water partition coefficient (Wildman–Crippen LogP) is 2.80. The Morgan fingerprint density at radius 2 is 2.31 bits per heavy atom. The van der Waals surface area contributed by atoms with E-state index in [1.54, 1.807) is 0 Å². The maximum absolute atomic E-state index is 4.24. The van der Waals surface area contributed by atoms with E-state index in [-0.39, 0.29) is 5.41 Å². The molecule has 0 N–H and O–H groups in total. The van der Waals surface area contributed by atoms with Gasteiger partial charge in [-0.1, -0.05) is 26.0 Å². The van der Waals surface area contributed by atoms with Crippen LogP contribution >= 0.6 is 0 Å². The first kappa shape index (κ1) is 8.30. The summed E-state index contributed by atoms with van der Waals surface area (Å²) >= 11 is 0. The number of hydrogen-bond acceptors (Lipinski definition) is 1. The highest BCUT2D eigenvalue weighted by molar-refractivity contribution is 5.50. The highest BCUT2D eigenvalue weighted by atomic mass is 15.0. The summed E-state index contributed by atoms with van der Waals surface area (Å²) in [5, 5.41) is 0. The lowest BCUT2D eigenvalue weighted by atomic mass is 9.87. The van der Waals surface area contributed by atoms with Crippen LogP contribution in [0.25, 0.3) is 12.3 Å². The number of fused-ring (bicyclic) bond motifs is 1. The number of aromatic nitrogens is 2. The molecule has 0 spiro atoms. The molecule has 1 aliphatic heterocycles. The van der Waals surface area contributed by atoms with Gasteiger partial charge < -0.3 is 4.57 Å². The van der Waals surface area contributed by atoms with Crippen LogP contribution in [0, 0.1) is 5.41 Å². The summed E-state index contributed by atoms with van der Waals surface area (Å²) in [5.74, 6) is 1.01. The molecule has 0 bridgehead atoms. The quantitative estimate of drug-likeness (QED) is 0.640. The van der Waals surface area contributed by atoms with Crippen LogP contribution in [-0.4, -0.2) is 9.55 Å². The van der Waals surface area contributed by atoms with Gasteiger partial charge in [0.15, 0.2) is 0 Å². The summed E-state index contributed by atoms with van der Waals surface area (Å²) in [4.78, 5) is 4.24. The van der Waals surface area contributed by atoms with Crippen LogP contribution in [0.2, 0.25) is 0 Å². The average Bonchev–Trinajstić information content (AvgIpc) is 2.54. The minimum absolute atomic E-state index is 0.181. The van der Waals surface area contributed by atoms with Crippen molar-refractivity contribution in [3.8, 4) is 0 Å². The molecule has 2 heteroatoms. The highest BCUT2D eigenvalue weighted by Gasteiger charge is 2.16.